The van der Waals surface area contributed by atoms with E-state index in [4.69, 9.17) is 0 Å². The molecular formula is C15H21N3O2. The van der Waals surface area contributed by atoms with Crippen LogP contribution in [0, 0.1) is 6.92 Å². The molecule has 1 aromatic carbocycles. The summed E-state index contributed by atoms with van der Waals surface area (Å²) >= 11 is 0. The number of amides is 2. The maximum atomic E-state index is 12.1. The fraction of sp³-hybridized carbons (Fsp3) is 0.467. The van der Waals surface area contributed by atoms with Crippen molar-refractivity contribution in [2.45, 2.75) is 32.2 Å². The Morgan fingerprint density at radius 1 is 1.30 bits per heavy atom. The van der Waals surface area contributed by atoms with Crippen LogP contribution in [0.1, 0.15) is 35.2 Å². The Morgan fingerprint density at radius 3 is 2.70 bits per heavy atom. The average Bonchev–Trinajstić information content (AvgIpc) is 2.49. The highest BCUT2D eigenvalue weighted by Gasteiger charge is 2.20. The van der Waals surface area contributed by atoms with Gasteiger partial charge >= 0.3 is 0 Å². The van der Waals surface area contributed by atoms with Crippen LogP contribution in [0.2, 0.25) is 0 Å². The summed E-state index contributed by atoms with van der Waals surface area (Å²) in [5.41, 5.74) is 2.24. The van der Waals surface area contributed by atoms with Gasteiger partial charge in [-0.2, -0.15) is 0 Å². The van der Waals surface area contributed by atoms with Crippen LogP contribution < -0.4 is 16.0 Å². The van der Waals surface area contributed by atoms with E-state index in [-0.39, 0.29) is 17.9 Å². The Kier molecular flexibility index (Phi) is 4.74. The van der Waals surface area contributed by atoms with Crippen LogP contribution in [0.3, 0.4) is 0 Å². The van der Waals surface area contributed by atoms with E-state index < -0.39 is 0 Å². The summed E-state index contributed by atoms with van der Waals surface area (Å²) in [6.45, 7) is 2.78. The number of hydrogen-bond donors (Lipinski definition) is 3. The molecule has 1 aliphatic rings. The normalized spacial score (nSPS) is 18.4. The Morgan fingerprint density at radius 2 is 2.10 bits per heavy atom. The third kappa shape index (κ3) is 3.36. The van der Waals surface area contributed by atoms with E-state index in [1.54, 1.807) is 25.2 Å². The van der Waals surface area contributed by atoms with Crippen molar-refractivity contribution in [2.75, 3.05) is 18.9 Å². The Bertz CT molecular complexity index is 508. The van der Waals surface area contributed by atoms with Gasteiger partial charge in [0.15, 0.2) is 0 Å². The molecular weight excluding hydrogens is 254 g/mol. The molecule has 5 heteroatoms. The van der Waals surface area contributed by atoms with Crippen LogP contribution in [0.25, 0.3) is 0 Å². The van der Waals surface area contributed by atoms with Gasteiger partial charge in [0.2, 0.25) is 5.91 Å². The van der Waals surface area contributed by atoms with Crippen LogP contribution >= 0.6 is 0 Å². The highest BCUT2D eigenvalue weighted by atomic mass is 16.2. The fourth-order valence-corrected chi connectivity index (χ4v) is 2.38. The molecule has 0 aromatic heterocycles. The second kappa shape index (κ2) is 6.52. The summed E-state index contributed by atoms with van der Waals surface area (Å²) in [7, 11) is 1.60. The lowest BCUT2D eigenvalue weighted by Gasteiger charge is -2.23. The van der Waals surface area contributed by atoms with Gasteiger partial charge in [0.25, 0.3) is 5.91 Å². The molecule has 0 spiro atoms. The lowest BCUT2D eigenvalue weighted by atomic mass is 10.0. The minimum Gasteiger partial charge on any atom is -0.355 e. The van der Waals surface area contributed by atoms with Gasteiger partial charge in [0, 0.05) is 18.3 Å². The van der Waals surface area contributed by atoms with Crippen molar-refractivity contribution in [1.82, 2.24) is 10.6 Å². The number of carbonyl (C=O) groups is 2. The molecule has 5 nitrogen and oxygen atoms in total. The Labute approximate surface area is 119 Å². The smallest absolute Gasteiger partial charge is 0.251 e. The van der Waals surface area contributed by atoms with Crippen molar-refractivity contribution in [1.29, 1.82) is 0 Å². The summed E-state index contributed by atoms with van der Waals surface area (Å²) in [6, 6.07) is 5.17. The molecule has 1 atom stereocenters. The van der Waals surface area contributed by atoms with Crippen molar-refractivity contribution in [3.05, 3.63) is 29.3 Å². The fourth-order valence-electron chi connectivity index (χ4n) is 2.38. The SMILES string of the molecule is CNC(=O)c1ccc(NC(=O)[C@H]2CCCCN2)c(C)c1. The third-order valence-electron chi connectivity index (χ3n) is 3.60. The van der Waals surface area contributed by atoms with E-state index in [9.17, 15) is 9.59 Å². The van der Waals surface area contributed by atoms with Crippen molar-refractivity contribution < 1.29 is 9.59 Å². The second-order valence-electron chi connectivity index (χ2n) is 5.10. The van der Waals surface area contributed by atoms with Crippen LogP contribution in [0.15, 0.2) is 18.2 Å². The predicted molar refractivity (Wildman–Crippen MR) is 78.8 cm³/mol. The van der Waals surface area contributed by atoms with Gasteiger partial charge in [0.1, 0.15) is 0 Å². The number of piperidine rings is 1. The van der Waals surface area contributed by atoms with Gasteiger partial charge in [-0.3, -0.25) is 9.59 Å². The second-order valence-corrected chi connectivity index (χ2v) is 5.10. The zero-order valence-electron chi connectivity index (χ0n) is 12.0. The molecule has 2 amide bonds. The van der Waals surface area contributed by atoms with Gasteiger partial charge in [-0.05, 0) is 50.1 Å². The first-order valence-corrected chi connectivity index (χ1v) is 6.99. The van der Waals surface area contributed by atoms with E-state index in [1.807, 2.05) is 6.92 Å². The van der Waals surface area contributed by atoms with Crippen LogP contribution in [0.5, 0.6) is 0 Å². The molecule has 0 bridgehead atoms. The molecule has 1 saturated heterocycles. The predicted octanol–water partition coefficient (Wildman–Crippen LogP) is 1.44. The summed E-state index contributed by atoms with van der Waals surface area (Å²) < 4.78 is 0. The molecule has 1 aromatic rings. The Hall–Kier alpha value is -1.88. The van der Waals surface area contributed by atoms with E-state index in [1.165, 1.54) is 0 Å². The number of aryl methyl sites for hydroxylation is 1. The zero-order chi connectivity index (χ0) is 14.5. The van der Waals surface area contributed by atoms with E-state index in [0.29, 0.717) is 5.56 Å². The summed E-state index contributed by atoms with van der Waals surface area (Å²) in [4.78, 5) is 23.7. The zero-order valence-corrected chi connectivity index (χ0v) is 12.0. The van der Waals surface area contributed by atoms with E-state index >= 15 is 0 Å². The van der Waals surface area contributed by atoms with Gasteiger partial charge in [-0.1, -0.05) is 6.42 Å². The minimum atomic E-state index is -0.125. The first-order chi connectivity index (χ1) is 9.61. The van der Waals surface area contributed by atoms with Crippen LogP contribution in [-0.2, 0) is 4.79 Å². The molecule has 0 saturated carbocycles. The number of benzene rings is 1. The number of nitrogens with one attached hydrogen (secondary N) is 3. The molecule has 1 aliphatic heterocycles. The average molecular weight is 275 g/mol. The molecule has 0 aliphatic carbocycles. The lowest BCUT2D eigenvalue weighted by molar-refractivity contribution is -0.118. The molecule has 108 valence electrons. The van der Waals surface area contributed by atoms with Crippen molar-refractivity contribution >= 4 is 17.5 Å². The maximum Gasteiger partial charge on any atom is 0.251 e. The van der Waals surface area contributed by atoms with Gasteiger partial charge in [-0.25, -0.2) is 0 Å². The topological polar surface area (TPSA) is 70.2 Å². The van der Waals surface area contributed by atoms with E-state index in [0.717, 1.165) is 37.1 Å². The number of anilines is 1. The lowest BCUT2D eigenvalue weighted by Crippen LogP contribution is -2.43. The van der Waals surface area contributed by atoms with Gasteiger partial charge < -0.3 is 16.0 Å². The monoisotopic (exact) mass is 275 g/mol. The van der Waals surface area contributed by atoms with Gasteiger partial charge in [0.05, 0.1) is 6.04 Å². The highest BCUT2D eigenvalue weighted by Crippen LogP contribution is 2.18. The third-order valence-corrected chi connectivity index (χ3v) is 3.60. The molecule has 2 rings (SSSR count). The largest absolute Gasteiger partial charge is 0.355 e. The number of hydrogen-bond acceptors (Lipinski definition) is 3. The minimum absolute atomic E-state index is 0.000457. The standard InChI is InChI=1S/C15H21N3O2/c1-10-9-11(14(19)16-2)6-7-12(10)18-15(20)13-5-3-4-8-17-13/h6-7,9,13,17H,3-5,8H2,1-2H3,(H,16,19)(H,18,20)/t13-/m1/s1. The molecule has 0 unspecified atom stereocenters. The molecule has 0 radical (unpaired) electrons. The maximum absolute atomic E-state index is 12.1. The van der Waals surface area contributed by atoms with Crippen molar-refractivity contribution in [2.24, 2.45) is 0 Å². The highest BCUT2D eigenvalue weighted by molar-refractivity contribution is 5.97. The first-order valence-electron chi connectivity index (χ1n) is 6.99. The number of carbonyl (C=O) groups excluding carboxylic acids is 2. The van der Waals surface area contributed by atoms with Gasteiger partial charge in [-0.15, -0.1) is 0 Å². The molecule has 1 heterocycles. The van der Waals surface area contributed by atoms with Crippen molar-refractivity contribution in [3.63, 3.8) is 0 Å². The molecule has 3 N–H and O–H groups in total. The van der Waals surface area contributed by atoms with Crippen LogP contribution in [-0.4, -0.2) is 31.4 Å². The Balaban J connectivity index is 2.05. The van der Waals surface area contributed by atoms with Crippen LogP contribution in [0.4, 0.5) is 5.69 Å². The quantitative estimate of drug-likeness (QED) is 0.781. The molecule has 1 fully saturated rings. The molecule has 20 heavy (non-hydrogen) atoms. The first kappa shape index (κ1) is 14.5. The van der Waals surface area contributed by atoms with E-state index in [2.05, 4.69) is 16.0 Å². The summed E-state index contributed by atoms with van der Waals surface area (Å²) in [6.07, 6.45) is 3.09. The number of rotatable bonds is 3. The summed E-state index contributed by atoms with van der Waals surface area (Å²) in [5.74, 6) is -0.125. The summed E-state index contributed by atoms with van der Waals surface area (Å²) in [5, 5.41) is 8.74. The van der Waals surface area contributed by atoms with Crippen molar-refractivity contribution in [3.8, 4) is 0 Å².